The Morgan fingerprint density at radius 1 is 1.21 bits per heavy atom. The van der Waals surface area contributed by atoms with Gasteiger partial charge in [-0.25, -0.2) is 0 Å². The smallest absolute Gasteiger partial charge is 0.243 e. The van der Waals surface area contributed by atoms with Gasteiger partial charge in [-0.15, -0.1) is 0 Å². The molecule has 4 aliphatic heterocycles. The van der Waals surface area contributed by atoms with Crippen LogP contribution < -0.4 is 20.9 Å². The van der Waals surface area contributed by atoms with Crippen molar-refractivity contribution in [2.75, 3.05) is 52.9 Å². The van der Waals surface area contributed by atoms with Crippen molar-refractivity contribution in [3.05, 3.63) is 0 Å². The second-order valence-electron chi connectivity index (χ2n) is 9.06. The van der Waals surface area contributed by atoms with Gasteiger partial charge in [0, 0.05) is 58.4 Å². The highest BCUT2D eigenvalue weighted by molar-refractivity contribution is 5.83. The van der Waals surface area contributed by atoms with E-state index in [-0.39, 0.29) is 17.9 Å². The van der Waals surface area contributed by atoms with Gasteiger partial charge >= 0.3 is 0 Å². The molecule has 0 saturated carbocycles. The quantitative estimate of drug-likeness (QED) is 0.403. The van der Waals surface area contributed by atoms with Crippen LogP contribution in [0.5, 0.6) is 0 Å². The first kappa shape index (κ1) is 20.1. The van der Waals surface area contributed by atoms with E-state index >= 15 is 0 Å². The largest absolute Gasteiger partial charge is 0.349 e. The number of quaternary nitrogens is 2. The summed E-state index contributed by atoms with van der Waals surface area (Å²) in [6.07, 6.45) is 7.08. The number of hydrogen-bond donors (Lipinski definition) is 4. The van der Waals surface area contributed by atoms with Gasteiger partial charge in [0.2, 0.25) is 11.8 Å². The number of nitrogens with zero attached hydrogens (tertiary/aromatic N) is 2. The average molecular weight is 395 g/mol. The van der Waals surface area contributed by atoms with Crippen LogP contribution in [-0.2, 0) is 9.59 Å². The Morgan fingerprint density at radius 3 is 2.79 bits per heavy atom. The van der Waals surface area contributed by atoms with Gasteiger partial charge in [0.05, 0.1) is 20.1 Å². The summed E-state index contributed by atoms with van der Waals surface area (Å²) < 4.78 is 0. The summed E-state index contributed by atoms with van der Waals surface area (Å²) in [5.41, 5.74) is 0. The number of nitrogens with two attached hydrogens (primary N) is 1. The van der Waals surface area contributed by atoms with Crippen LogP contribution in [-0.4, -0.2) is 98.8 Å². The van der Waals surface area contributed by atoms with Gasteiger partial charge in [0.25, 0.3) is 0 Å². The maximum absolute atomic E-state index is 12.8. The second kappa shape index (κ2) is 9.07. The highest BCUT2D eigenvalue weighted by Crippen LogP contribution is 2.13. The van der Waals surface area contributed by atoms with Crippen LogP contribution in [0.4, 0.5) is 0 Å². The van der Waals surface area contributed by atoms with Gasteiger partial charge in [0.1, 0.15) is 24.3 Å². The molecule has 2 amide bonds. The molecule has 158 valence electrons. The van der Waals surface area contributed by atoms with Crippen LogP contribution in [0.2, 0.25) is 0 Å². The van der Waals surface area contributed by atoms with Crippen LogP contribution in [0.1, 0.15) is 38.5 Å². The minimum atomic E-state index is -0.0645. The minimum Gasteiger partial charge on any atom is -0.349 e. The fourth-order valence-electron chi connectivity index (χ4n) is 5.61. The Morgan fingerprint density at radius 2 is 2.04 bits per heavy atom. The third kappa shape index (κ3) is 4.35. The maximum atomic E-state index is 12.8. The van der Waals surface area contributed by atoms with E-state index in [1.165, 1.54) is 30.7 Å². The lowest BCUT2D eigenvalue weighted by Gasteiger charge is -2.39. The van der Waals surface area contributed by atoms with Crippen LogP contribution in [0.3, 0.4) is 0 Å². The number of hydrogen-bond acceptors (Lipinski definition) is 4. The Balaban J connectivity index is 1.23. The van der Waals surface area contributed by atoms with E-state index in [1.807, 2.05) is 0 Å². The van der Waals surface area contributed by atoms with Crippen molar-refractivity contribution in [1.29, 1.82) is 0 Å². The monoisotopic (exact) mass is 394 g/mol. The number of carbonyl (C=O) groups is 2. The summed E-state index contributed by atoms with van der Waals surface area (Å²) in [4.78, 5) is 31.1. The van der Waals surface area contributed by atoms with Crippen LogP contribution in [0.15, 0.2) is 0 Å². The average Bonchev–Trinajstić information content (AvgIpc) is 3.20. The number of rotatable bonds is 4. The molecule has 0 aromatic carbocycles. The lowest BCUT2D eigenvalue weighted by Crippen LogP contribution is -3.18. The SMILES string of the molecule is C[NH+]1C(CCC(=O)N2CCN(C3CCCC[NH2+]3)CC2)CNC(=O)C2NCCC21. The molecule has 0 radical (unpaired) electrons. The fourth-order valence-corrected chi connectivity index (χ4v) is 5.61. The van der Waals surface area contributed by atoms with E-state index in [0.29, 0.717) is 31.2 Å². The highest BCUT2D eigenvalue weighted by Gasteiger charge is 2.43. The lowest BCUT2D eigenvalue weighted by molar-refractivity contribution is -0.928. The Labute approximate surface area is 168 Å². The lowest BCUT2D eigenvalue weighted by atomic mass is 10.0. The van der Waals surface area contributed by atoms with Crippen molar-refractivity contribution in [3.63, 3.8) is 0 Å². The second-order valence-corrected chi connectivity index (χ2v) is 9.06. The molecule has 5 N–H and O–H groups in total. The number of fused-ring (bicyclic) bond motifs is 1. The number of piperazine rings is 1. The van der Waals surface area contributed by atoms with Crippen molar-refractivity contribution < 1.29 is 19.8 Å². The molecule has 0 aliphatic carbocycles. The van der Waals surface area contributed by atoms with Crippen LogP contribution in [0, 0.1) is 0 Å². The van der Waals surface area contributed by atoms with Crippen molar-refractivity contribution in [1.82, 2.24) is 20.4 Å². The van der Waals surface area contributed by atoms with E-state index < -0.39 is 0 Å². The van der Waals surface area contributed by atoms with Crippen molar-refractivity contribution in [3.8, 4) is 0 Å². The molecule has 0 aromatic heterocycles. The normalized spacial score (nSPS) is 37.2. The first-order valence-electron chi connectivity index (χ1n) is 11.3. The number of piperidine rings is 1. The molecule has 8 nitrogen and oxygen atoms in total. The third-order valence-electron chi connectivity index (χ3n) is 7.49. The Hall–Kier alpha value is -1.22. The molecule has 4 rings (SSSR count). The molecule has 5 atom stereocenters. The van der Waals surface area contributed by atoms with Gasteiger partial charge in [0.15, 0.2) is 0 Å². The van der Waals surface area contributed by atoms with Gasteiger partial charge in [-0.3, -0.25) is 14.5 Å². The fraction of sp³-hybridized carbons (Fsp3) is 0.900. The van der Waals surface area contributed by atoms with E-state index in [9.17, 15) is 9.59 Å². The summed E-state index contributed by atoms with van der Waals surface area (Å²) >= 11 is 0. The van der Waals surface area contributed by atoms with Crippen molar-refractivity contribution >= 4 is 11.8 Å². The summed E-state index contributed by atoms with van der Waals surface area (Å²) in [7, 11) is 2.19. The molecule has 5 unspecified atom stereocenters. The van der Waals surface area contributed by atoms with Crippen LogP contribution >= 0.6 is 0 Å². The third-order valence-corrected chi connectivity index (χ3v) is 7.49. The number of likely N-dealkylation sites (N-methyl/N-ethyl adjacent to an activating group) is 1. The molecular formula is C20H38N6O2+2. The molecule has 28 heavy (non-hydrogen) atoms. The highest BCUT2D eigenvalue weighted by atomic mass is 16.2. The van der Waals surface area contributed by atoms with Crippen LogP contribution in [0.25, 0.3) is 0 Å². The van der Waals surface area contributed by atoms with Gasteiger partial charge in [-0.2, -0.15) is 0 Å². The van der Waals surface area contributed by atoms with Crippen molar-refractivity contribution in [2.24, 2.45) is 0 Å². The topological polar surface area (TPSA) is 85.7 Å². The first-order chi connectivity index (χ1) is 13.6. The molecule has 0 aromatic rings. The zero-order valence-electron chi connectivity index (χ0n) is 17.3. The summed E-state index contributed by atoms with van der Waals surface area (Å²) in [6, 6.07) is 0.587. The van der Waals surface area contributed by atoms with Gasteiger partial charge in [-0.1, -0.05) is 0 Å². The minimum absolute atomic E-state index is 0.0645. The molecular weight excluding hydrogens is 356 g/mol. The number of carbonyl (C=O) groups excluding carboxylic acids is 2. The predicted molar refractivity (Wildman–Crippen MR) is 106 cm³/mol. The molecule has 4 heterocycles. The van der Waals surface area contributed by atoms with Gasteiger partial charge in [-0.05, 0) is 12.8 Å². The maximum Gasteiger partial charge on any atom is 0.243 e. The van der Waals surface area contributed by atoms with E-state index in [0.717, 1.165) is 45.6 Å². The molecule has 8 heteroatoms. The molecule has 0 bridgehead atoms. The molecule has 4 fully saturated rings. The number of nitrogens with one attached hydrogen (secondary N) is 3. The van der Waals surface area contributed by atoms with Gasteiger partial charge < -0.3 is 25.8 Å². The Kier molecular flexibility index (Phi) is 6.50. The Bertz CT molecular complexity index is 559. The summed E-state index contributed by atoms with van der Waals surface area (Å²) in [6.45, 7) is 6.57. The predicted octanol–water partition coefficient (Wildman–Crippen LogP) is -3.27. The molecule has 0 spiro atoms. The first-order valence-corrected chi connectivity index (χ1v) is 11.3. The standard InChI is InChI=1S/C20H36N6O2/c1-24-15(14-23-20(28)19-16(24)7-9-22-19)5-6-18(27)26-12-10-25(11-13-26)17-4-2-3-8-21-17/h15-17,19,21-22H,2-14H2,1H3,(H,23,28)/p+2. The summed E-state index contributed by atoms with van der Waals surface area (Å²) in [5.74, 6) is 0.420. The zero-order chi connectivity index (χ0) is 19.5. The van der Waals surface area contributed by atoms with E-state index in [2.05, 4.69) is 32.8 Å². The molecule has 4 saturated heterocycles. The van der Waals surface area contributed by atoms with E-state index in [1.54, 1.807) is 0 Å². The summed E-state index contributed by atoms with van der Waals surface area (Å²) in [5, 5.41) is 8.89. The van der Waals surface area contributed by atoms with E-state index in [4.69, 9.17) is 0 Å². The zero-order valence-corrected chi connectivity index (χ0v) is 17.3. The molecule has 4 aliphatic rings. The number of amides is 2. The van der Waals surface area contributed by atoms with Crippen molar-refractivity contribution in [2.45, 2.75) is 62.8 Å².